The number of carbonyl (C=O) groups excluding carboxylic acids is 1. The first kappa shape index (κ1) is 11.2. The number of benzene rings is 1. The lowest BCUT2D eigenvalue weighted by Crippen LogP contribution is -2.22. The lowest BCUT2D eigenvalue weighted by atomic mass is 9.83. The van der Waals surface area contributed by atoms with Gasteiger partial charge in [-0.25, -0.2) is 4.99 Å². The second kappa shape index (κ2) is 4.20. The van der Waals surface area contributed by atoms with Crippen LogP contribution < -0.4 is 0 Å². The first-order valence-corrected chi connectivity index (χ1v) is 6.40. The number of fused-ring (bicyclic) bond motifs is 2. The summed E-state index contributed by atoms with van der Waals surface area (Å²) in [6, 6.07) is 9.85. The molecule has 0 spiro atoms. The molecule has 1 amide bonds. The summed E-state index contributed by atoms with van der Waals surface area (Å²) in [5, 5.41) is 0. The molecule has 0 aromatic heterocycles. The Morgan fingerprint density at radius 2 is 1.85 bits per heavy atom. The Morgan fingerprint density at radius 3 is 2.70 bits per heavy atom. The molecule has 98 valence electrons. The van der Waals surface area contributed by atoms with E-state index in [9.17, 15) is 4.79 Å². The van der Waals surface area contributed by atoms with Gasteiger partial charge in [0.15, 0.2) is 11.5 Å². The van der Waals surface area contributed by atoms with Crippen LogP contribution >= 0.6 is 0 Å². The molecule has 1 aromatic carbocycles. The Hall–Kier alpha value is -2.62. The van der Waals surface area contributed by atoms with Gasteiger partial charge < -0.3 is 9.47 Å². The Labute approximate surface area is 115 Å². The molecule has 1 aliphatic carbocycles. The first-order chi connectivity index (χ1) is 9.81. The fourth-order valence-corrected chi connectivity index (χ4v) is 2.63. The Bertz CT molecular complexity index is 710. The van der Waals surface area contributed by atoms with Crippen LogP contribution in [0.5, 0.6) is 0 Å². The minimum absolute atomic E-state index is 0.0597. The number of rotatable bonds is 1. The van der Waals surface area contributed by atoms with Crippen molar-refractivity contribution in [2.24, 2.45) is 10.9 Å². The first-order valence-electron chi connectivity index (χ1n) is 6.40. The standard InChI is InChI=1S/C16H11NO3/c18-16-7-11(10-4-2-1-3-5-10)12-6-14-15(20-9-19-14)8-13(12)17-16/h1-8,12H,9H2. The molecule has 1 unspecified atom stereocenters. The van der Waals surface area contributed by atoms with Crippen LogP contribution in [-0.2, 0) is 14.3 Å². The third kappa shape index (κ3) is 1.69. The SMILES string of the molecule is O=C1C=C(c2ccccc2)C2C=C3OCOC3=CC2=N1. The molecule has 0 radical (unpaired) electrons. The van der Waals surface area contributed by atoms with E-state index in [-0.39, 0.29) is 18.6 Å². The molecule has 2 heterocycles. The lowest BCUT2D eigenvalue weighted by Gasteiger charge is -2.23. The number of ether oxygens (including phenoxy) is 2. The van der Waals surface area contributed by atoms with Gasteiger partial charge in [0.05, 0.1) is 5.71 Å². The second-order valence-corrected chi connectivity index (χ2v) is 4.76. The Balaban J connectivity index is 1.82. The normalized spacial score (nSPS) is 23.4. The maximum atomic E-state index is 11.8. The fraction of sp³-hybridized carbons (Fsp3) is 0.125. The van der Waals surface area contributed by atoms with Crippen molar-refractivity contribution in [2.45, 2.75) is 0 Å². The van der Waals surface area contributed by atoms with Crippen molar-refractivity contribution >= 4 is 17.2 Å². The molecule has 0 bridgehead atoms. The van der Waals surface area contributed by atoms with E-state index in [1.165, 1.54) is 0 Å². The largest absolute Gasteiger partial charge is 0.454 e. The van der Waals surface area contributed by atoms with Gasteiger partial charge in [-0.15, -0.1) is 0 Å². The molecule has 2 aliphatic heterocycles. The molecule has 0 N–H and O–H groups in total. The maximum Gasteiger partial charge on any atom is 0.270 e. The molecule has 1 saturated heterocycles. The number of allylic oxidation sites excluding steroid dienone is 3. The van der Waals surface area contributed by atoms with Gasteiger partial charge in [0.25, 0.3) is 5.91 Å². The van der Waals surface area contributed by atoms with Gasteiger partial charge in [-0.1, -0.05) is 30.3 Å². The molecule has 1 atom stereocenters. The zero-order chi connectivity index (χ0) is 13.5. The number of nitrogens with zero attached hydrogens (tertiary/aromatic N) is 1. The summed E-state index contributed by atoms with van der Waals surface area (Å²) in [6.07, 6.45) is 5.35. The lowest BCUT2D eigenvalue weighted by molar-refractivity contribution is -0.113. The number of aliphatic imine (C=N–C) groups is 1. The van der Waals surface area contributed by atoms with E-state index in [4.69, 9.17) is 9.47 Å². The zero-order valence-electron chi connectivity index (χ0n) is 10.6. The summed E-state index contributed by atoms with van der Waals surface area (Å²) in [7, 11) is 0. The highest BCUT2D eigenvalue weighted by molar-refractivity contribution is 6.18. The number of carbonyl (C=O) groups is 1. The summed E-state index contributed by atoms with van der Waals surface area (Å²) < 4.78 is 10.8. The van der Waals surface area contributed by atoms with Crippen molar-refractivity contribution in [1.29, 1.82) is 0 Å². The minimum atomic E-state index is -0.234. The van der Waals surface area contributed by atoms with Crippen LogP contribution in [-0.4, -0.2) is 18.4 Å². The third-order valence-electron chi connectivity index (χ3n) is 3.55. The van der Waals surface area contributed by atoms with E-state index in [2.05, 4.69) is 4.99 Å². The van der Waals surface area contributed by atoms with Crippen molar-refractivity contribution in [3.05, 3.63) is 65.6 Å². The monoisotopic (exact) mass is 265 g/mol. The van der Waals surface area contributed by atoms with Crippen molar-refractivity contribution in [3.8, 4) is 0 Å². The molecule has 20 heavy (non-hydrogen) atoms. The fourth-order valence-electron chi connectivity index (χ4n) is 2.63. The number of dihydropyridines is 1. The Morgan fingerprint density at radius 1 is 1.05 bits per heavy atom. The predicted octanol–water partition coefficient (Wildman–Crippen LogP) is 2.45. The van der Waals surface area contributed by atoms with Crippen LogP contribution in [0.1, 0.15) is 5.56 Å². The summed E-state index contributed by atoms with van der Waals surface area (Å²) in [4.78, 5) is 15.9. The van der Waals surface area contributed by atoms with Gasteiger partial charge in [0.1, 0.15) is 0 Å². The van der Waals surface area contributed by atoms with E-state index in [1.807, 2.05) is 36.4 Å². The minimum Gasteiger partial charge on any atom is -0.454 e. The highest BCUT2D eigenvalue weighted by Gasteiger charge is 2.32. The summed E-state index contributed by atoms with van der Waals surface area (Å²) in [5.74, 6) is 1.09. The van der Waals surface area contributed by atoms with E-state index in [1.54, 1.807) is 12.2 Å². The molecule has 3 aliphatic rings. The van der Waals surface area contributed by atoms with Gasteiger partial charge in [-0.05, 0) is 17.2 Å². The maximum absolute atomic E-state index is 11.8. The number of amides is 1. The summed E-state index contributed by atoms with van der Waals surface area (Å²) in [6.45, 7) is 0.218. The van der Waals surface area contributed by atoms with Crippen LogP contribution in [0.3, 0.4) is 0 Å². The quantitative estimate of drug-likeness (QED) is 0.783. The van der Waals surface area contributed by atoms with E-state index < -0.39 is 0 Å². The number of hydrogen-bond donors (Lipinski definition) is 0. The van der Waals surface area contributed by atoms with Gasteiger partial charge in [0.2, 0.25) is 6.79 Å². The molecule has 1 fully saturated rings. The zero-order valence-corrected chi connectivity index (χ0v) is 10.6. The van der Waals surface area contributed by atoms with E-state index >= 15 is 0 Å². The van der Waals surface area contributed by atoms with Crippen LogP contribution in [0.2, 0.25) is 0 Å². The van der Waals surface area contributed by atoms with Crippen molar-refractivity contribution in [1.82, 2.24) is 0 Å². The average molecular weight is 265 g/mol. The molecule has 0 saturated carbocycles. The van der Waals surface area contributed by atoms with Gasteiger partial charge in [0, 0.05) is 18.1 Å². The molecular formula is C16H11NO3. The van der Waals surface area contributed by atoms with Crippen LogP contribution in [0.4, 0.5) is 0 Å². The topological polar surface area (TPSA) is 47.9 Å². The molecule has 4 rings (SSSR count). The van der Waals surface area contributed by atoms with Gasteiger partial charge >= 0.3 is 0 Å². The van der Waals surface area contributed by atoms with E-state index in [0.29, 0.717) is 11.5 Å². The van der Waals surface area contributed by atoms with Crippen LogP contribution in [0.25, 0.3) is 5.57 Å². The van der Waals surface area contributed by atoms with Crippen molar-refractivity contribution in [3.63, 3.8) is 0 Å². The second-order valence-electron chi connectivity index (χ2n) is 4.76. The van der Waals surface area contributed by atoms with Gasteiger partial charge in [-0.3, -0.25) is 4.79 Å². The van der Waals surface area contributed by atoms with Crippen LogP contribution in [0, 0.1) is 5.92 Å². The van der Waals surface area contributed by atoms with Crippen LogP contribution in [0.15, 0.2) is 65.1 Å². The van der Waals surface area contributed by atoms with E-state index in [0.717, 1.165) is 16.9 Å². The van der Waals surface area contributed by atoms with Gasteiger partial charge in [-0.2, -0.15) is 0 Å². The third-order valence-corrected chi connectivity index (χ3v) is 3.55. The molecular weight excluding hydrogens is 254 g/mol. The molecule has 4 nitrogen and oxygen atoms in total. The Kier molecular flexibility index (Phi) is 2.36. The molecule has 1 aromatic rings. The van der Waals surface area contributed by atoms with Crippen molar-refractivity contribution in [2.75, 3.05) is 6.79 Å². The smallest absolute Gasteiger partial charge is 0.270 e. The molecule has 4 heteroatoms. The summed E-state index contributed by atoms with van der Waals surface area (Å²) in [5.41, 5.74) is 2.67. The van der Waals surface area contributed by atoms with Crippen molar-refractivity contribution < 1.29 is 14.3 Å². The highest BCUT2D eigenvalue weighted by Crippen LogP contribution is 2.36. The predicted molar refractivity (Wildman–Crippen MR) is 73.6 cm³/mol. The average Bonchev–Trinajstić information content (AvgIpc) is 2.92. The summed E-state index contributed by atoms with van der Waals surface area (Å²) >= 11 is 0. The number of hydrogen-bond acceptors (Lipinski definition) is 3. The highest BCUT2D eigenvalue weighted by atomic mass is 16.7.